The number of methoxy groups -OCH3 is 1. The van der Waals surface area contributed by atoms with Crippen molar-refractivity contribution in [2.45, 2.75) is 12.6 Å². The van der Waals surface area contributed by atoms with E-state index < -0.39 is 0 Å². The molecule has 0 radical (unpaired) electrons. The summed E-state index contributed by atoms with van der Waals surface area (Å²) in [4.78, 5) is 12.4. The molecule has 0 spiro atoms. The van der Waals surface area contributed by atoms with Crippen molar-refractivity contribution in [1.29, 1.82) is 0 Å². The number of carbonyl (C=O) groups excluding carboxylic acids is 1. The maximum atomic E-state index is 12.4. The van der Waals surface area contributed by atoms with Crippen LogP contribution < -0.4 is 5.32 Å². The molecular weight excluding hydrogens is 350 g/mol. The van der Waals surface area contributed by atoms with Crippen molar-refractivity contribution in [1.82, 2.24) is 15.1 Å². The van der Waals surface area contributed by atoms with Gasteiger partial charge in [0.2, 0.25) is 0 Å². The number of nitrogens with one attached hydrogen (secondary N) is 1. The zero-order valence-corrected chi connectivity index (χ0v) is 15.2. The van der Waals surface area contributed by atoms with Crippen LogP contribution in [0.2, 0.25) is 5.02 Å². The molecule has 1 amide bonds. The molecule has 6 heteroatoms. The van der Waals surface area contributed by atoms with Gasteiger partial charge in [0.25, 0.3) is 5.91 Å². The largest absolute Gasteiger partial charge is 0.375 e. The maximum Gasteiger partial charge on any atom is 0.251 e. The maximum absolute atomic E-state index is 12.4. The molecule has 3 aromatic rings. The summed E-state index contributed by atoms with van der Waals surface area (Å²) in [5.74, 6) is -0.133. The second kappa shape index (κ2) is 8.65. The third-order valence-corrected chi connectivity index (χ3v) is 4.35. The van der Waals surface area contributed by atoms with Gasteiger partial charge >= 0.3 is 0 Å². The number of nitrogens with zero attached hydrogens (tertiary/aromatic N) is 2. The highest BCUT2D eigenvalue weighted by atomic mass is 35.5. The van der Waals surface area contributed by atoms with Gasteiger partial charge in [-0.05, 0) is 41.5 Å². The van der Waals surface area contributed by atoms with Gasteiger partial charge in [0.05, 0.1) is 12.6 Å². The summed E-state index contributed by atoms with van der Waals surface area (Å²) in [6.45, 7) is 1.06. The quantitative estimate of drug-likeness (QED) is 0.690. The molecule has 1 unspecified atom stereocenters. The summed E-state index contributed by atoms with van der Waals surface area (Å²) in [7, 11) is 1.62. The minimum atomic E-state index is -0.227. The minimum Gasteiger partial charge on any atom is -0.375 e. The lowest BCUT2D eigenvalue weighted by atomic mass is 10.1. The van der Waals surface area contributed by atoms with E-state index in [1.165, 1.54) is 0 Å². The summed E-state index contributed by atoms with van der Waals surface area (Å²) < 4.78 is 7.31. The Morgan fingerprint density at radius 1 is 1.19 bits per heavy atom. The topological polar surface area (TPSA) is 56.1 Å². The third-order valence-electron chi connectivity index (χ3n) is 4.09. The van der Waals surface area contributed by atoms with Gasteiger partial charge in [0, 0.05) is 36.6 Å². The highest BCUT2D eigenvalue weighted by Crippen LogP contribution is 2.18. The Morgan fingerprint density at radius 3 is 2.54 bits per heavy atom. The average Bonchev–Trinajstić information content (AvgIpc) is 3.17. The minimum absolute atomic E-state index is 0.133. The van der Waals surface area contributed by atoms with Crippen LogP contribution in [0.3, 0.4) is 0 Å². The summed E-state index contributed by atoms with van der Waals surface area (Å²) in [5, 5.41) is 7.76. The molecule has 3 rings (SSSR count). The average molecular weight is 370 g/mol. The smallest absolute Gasteiger partial charge is 0.251 e. The van der Waals surface area contributed by atoms with Crippen molar-refractivity contribution in [3.63, 3.8) is 0 Å². The lowest BCUT2D eigenvalue weighted by Gasteiger charge is -2.16. The molecule has 0 fully saturated rings. The Balaban J connectivity index is 1.57. The Kier molecular flexibility index (Phi) is 6.04. The van der Waals surface area contributed by atoms with Crippen LogP contribution in [0.25, 0.3) is 0 Å². The molecule has 0 aliphatic carbocycles. The van der Waals surface area contributed by atoms with Gasteiger partial charge in [-0.1, -0.05) is 35.9 Å². The Labute approximate surface area is 157 Å². The van der Waals surface area contributed by atoms with Crippen molar-refractivity contribution in [3.05, 3.63) is 88.7 Å². The van der Waals surface area contributed by atoms with Crippen LogP contribution in [-0.2, 0) is 11.3 Å². The number of halogens is 1. The van der Waals surface area contributed by atoms with Gasteiger partial charge < -0.3 is 10.1 Å². The highest BCUT2D eigenvalue weighted by molar-refractivity contribution is 6.30. The van der Waals surface area contributed by atoms with Gasteiger partial charge in [-0.2, -0.15) is 5.10 Å². The molecule has 5 nitrogen and oxygen atoms in total. The lowest BCUT2D eigenvalue weighted by molar-refractivity contribution is 0.0828. The Morgan fingerprint density at radius 2 is 1.92 bits per heavy atom. The molecule has 0 saturated heterocycles. The number of hydrogen-bond acceptors (Lipinski definition) is 3. The van der Waals surface area contributed by atoms with Crippen LogP contribution in [0, 0.1) is 0 Å². The predicted molar refractivity (Wildman–Crippen MR) is 101 cm³/mol. The van der Waals surface area contributed by atoms with Crippen molar-refractivity contribution < 1.29 is 9.53 Å². The van der Waals surface area contributed by atoms with Gasteiger partial charge in [-0.15, -0.1) is 0 Å². The molecule has 0 aliphatic rings. The van der Waals surface area contributed by atoms with E-state index in [4.69, 9.17) is 16.3 Å². The zero-order valence-electron chi connectivity index (χ0n) is 14.4. The van der Waals surface area contributed by atoms with Gasteiger partial charge in [-0.3, -0.25) is 9.48 Å². The molecule has 2 aromatic carbocycles. The summed E-state index contributed by atoms with van der Waals surface area (Å²) in [6.07, 6.45) is 3.42. The Bertz CT molecular complexity index is 831. The van der Waals surface area contributed by atoms with Gasteiger partial charge in [0.15, 0.2) is 0 Å². The summed E-state index contributed by atoms with van der Waals surface area (Å²) >= 11 is 5.91. The van der Waals surface area contributed by atoms with Crippen molar-refractivity contribution in [2.75, 3.05) is 13.7 Å². The molecule has 134 valence electrons. The van der Waals surface area contributed by atoms with E-state index in [1.807, 2.05) is 65.5 Å². The fourth-order valence-corrected chi connectivity index (χ4v) is 2.77. The lowest BCUT2D eigenvalue weighted by Crippen LogP contribution is -2.29. The van der Waals surface area contributed by atoms with Gasteiger partial charge in [-0.25, -0.2) is 0 Å². The van der Waals surface area contributed by atoms with E-state index in [0.717, 1.165) is 11.1 Å². The molecule has 1 N–H and O–H groups in total. The molecule has 0 aliphatic heterocycles. The van der Waals surface area contributed by atoms with Crippen LogP contribution in [0.5, 0.6) is 0 Å². The van der Waals surface area contributed by atoms with E-state index in [1.54, 1.807) is 13.3 Å². The van der Waals surface area contributed by atoms with E-state index >= 15 is 0 Å². The van der Waals surface area contributed by atoms with Crippen molar-refractivity contribution in [3.8, 4) is 0 Å². The second-order valence-corrected chi connectivity index (χ2v) is 6.32. The van der Waals surface area contributed by atoms with Gasteiger partial charge in [0.1, 0.15) is 0 Å². The van der Waals surface area contributed by atoms with E-state index in [2.05, 4.69) is 10.4 Å². The number of benzene rings is 2. The first-order valence-electron chi connectivity index (χ1n) is 8.28. The SMILES string of the molecule is COC(CNC(=O)c1ccc(Cn2cccn2)cc1)c1ccc(Cl)cc1. The number of rotatable bonds is 7. The number of amides is 1. The first-order chi connectivity index (χ1) is 12.7. The van der Waals surface area contributed by atoms with Crippen LogP contribution in [0.1, 0.15) is 27.6 Å². The molecule has 1 atom stereocenters. The van der Waals surface area contributed by atoms with Crippen LogP contribution >= 0.6 is 11.6 Å². The predicted octanol–water partition coefficient (Wildman–Crippen LogP) is 3.70. The van der Waals surface area contributed by atoms with Crippen LogP contribution in [0.15, 0.2) is 67.0 Å². The summed E-state index contributed by atoms with van der Waals surface area (Å²) in [6, 6.07) is 16.8. The second-order valence-electron chi connectivity index (χ2n) is 5.89. The molecule has 26 heavy (non-hydrogen) atoms. The zero-order chi connectivity index (χ0) is 18.4. The molecule has 0 saturated carbocycles. The Hall–Kier alpha value is -2.63. The first-order valence-corrected chi connectivity index (χ1v) is 8.66. The van der Waals surface area contributed by atoms with Crippen molar-refractivity contribution in [2.24, 2.45) is 0 Å². The van der Waals surface area contributed by atoms with Crippen LogP contribution in [-0.4, -0.2) is 29.3 Å². The fourth-order valence-electron chi connectivity index (χ4n) is 2.64. The fraction of sp³-hybridized carbons (Fsp3) is 0.200. The number of ether oxygens (including phenoxy) is 1. The highest BCUT2D eigenvalue weighted by Gasteiger charge is 2.13. The molecular formula is C20H20ClN3O2. The number of hydrogen-bond donors (Lipinski definition) is 1. The van der Waals surface area contributed by atoms with Crippen LogP contribution in [0.4, 0.5) is 0 Å². The molecule has 0 bridgehead atoms. The molecule has 1 aromatic heterocycles. The van der Waals surface area contributed by atoms with Crippen molar-refractivity contribution >= 4 is 17.5 Å². The van der Waals surface area contributed by atoms with E-state index in [9.17, 15) is 4.79 Å². The third kappa shape index (κ3) is 4.71. The van der Waals surface area contributed by atoms with E-state index in [-0.39, 0.29) is 12.0 Å². The standard InChI is InChI=1S/C20H20ClN3O2/c1-26-19(16-7-9-18(21)10-8-16)13-22-20(25)17-5-3-15(4-6-17)14-24-12-2-11-23-24/h2-12,19H,13-14H2,1H3,(H,22,25). The summed E-state index contributed by atoms with van der Waals surface area (Å²) in [5.41, 5.74) is 2.66. The number of carbonyl (C=O) groups is 1. The monoisotopic (exact) mass is 369 g/mol. The number of aromatic nitrogens is 2. The first kappa shape index (κ1) is 18.2. The normalized spacial score (nSPS) is 11.9. The molecule has 1 heterocycles. The van der Waals surface area contributed by atoms with E-state index in [0.29, 0.717) is 23.7 Å².